The Morgan fingerprint density at radius 2 is 1.76 bits per heavy atom. The van der Waals surface area contributed by atoms with E-state index < -0.39 is 0 Å². The second kappa shape index (κ2) is 10.8. The Hall–Kier alpha value is -2.98. The molecule has 0 bridgehead atoms. The smallest absolute Gasteiger partial charge is 0.273 e. The minimum atomic E-state index is -0.230. The number of carbonyl (C=O) groups excluding carboxylic acids is 2. The molecule has 1 aromatic heterocycles. The Morgan fingerprint density at radius 1 is 1.06 bits per heavy atom. The van der Waals surface area contributed by atoms with E-state index in [-0.39, 0.29) is 17.6 Å². The van der Waals surface area contributed by atoms with Crippen LogP contribution >= 0.6 is 11.3 Å². The van der Waals surface area contributed by atoms with Gasteiger partial charge in [-0.2, -0.15) is 0 Å². The lowest BCUT2D eigenvalue weighted by molar-refractivity contribution is -0.133. The third kappa shape index (κ3) is 5.69. The van der Waals surface area contributed by atoms with E-state index in [1.165, 1.54) is 17.4 Å². The summed E-state index contributed by atoms with van der Waals surface area (Å²) in [7, 11) is 0. The molecule has 176 valence electrons. The van der Waals surface area contributed by atoms with Crippen LogP contribution in [0.1, 0.15) is 10.5 Å². The summed E-state index contributed by atoms with van der Waals surface area (Å²) in [6, 6.07) is 6.75. The van der Waals surface area contributed by atoms with Gasteiger partial charge in [-0.3, -0.25) is 14.5 Å². The van der Waals surface area contributed by atoms with Crippen LogP contribution in [-0.4, -0.2) is 96.9 Å². The first-order valence-corrected chi connectivity index (χ1v) is 12.0. The summed E-state index contributed by atoms with van der Waals surface area (Å²) in [4.78, 5) is 37.6. The number of thiazole rings is 1. The first kappa shape index (κ1) is 23.2. The minimum absolute atomic E-state index is 0.0758. The number of hydrogen-bond acceptors (Lipinski definition) is 7. The summed E-state index contributed by atoms with van der Waals surface area (Å²) in [5.41, 5.74) is 1.04. The average Bonchev–Trinajstić information content (AvgIpc) is 3.32. The van der Waals surface area contributed by atoms with Crippen molar-refractivity contribution in [3.8, 4) is 0 Å². The van der Waals surface area contributed by atoms with Gasteiger partial charge in [0, 0.05) is 64.3 Å². The van der Waals surface area contributed by atoms with Crippen LogP contribution in [0.5, 0.6) is 0 Å². The van der Waals surface area contributed by atoms with E-state index >= 15 is 0 Å². The molecular formula is C23H29FN6O2S. The average molecular weight is 473 g/mol. The molecule has 0 unspecified atom stereocenters. The van der Waals surface area contributed by atoms with Crippen molar-refractivity contribution in [1.29, 1.82) is 0 Å². The van der Waals surface area contributed by atoms with Crippen molar-refractivity contribution < 1.29 is 14.0 Å². The molecule has 2 fully saturated rings. The standard InChI is InChI=1S/C23H29FN6O2S/c1-2-7-25-23-26-19(17-33-23)22(32)30-10-8-27(9-11-30)16-21(31)29-14-12-28(13-15-29)20-6-4-3-5-18(20)24/h2-6,17H,1,7-16H2,(H,25,26). The Morgan fingerprint density at radius 3 is 2.45 bits per heavy atom. The summed E-state index contributed by atoms with van der Waals surface area (Å²) >= 11 is 1.40. The summed E-state index contributed by atoms with van der Waals surface area (Å²) < 4.78 is 14.0. The first-order chi connectivity index (χ1) is 16.0. The van der Waals surface area contributed by atoms with Crippen molar-refractivity contribution in [2.45, 2.75) is 0 Å². The Labute approximate surface area is 197 Å². The molecule has 1 N–H and O–H groups in total. The van der Waals surface area contributed by atoms with Crippen molar-refractivity contribution in [3.05, 3.63) is 53.8 Å². The predicted octanol–water partition coefficient (Wildman–Crippen LogP) is 1.99. The van der Waals surface area contributed by atoms with Gasteiger partial charge in [-0.15, -0.1) is 17.9 Å². The second-order valence-corrected chi connectivity index (χ2v) is 8.95. The van der Waals surface area contributed by atoms with Crippen LogP contribution in [0.3, 0.4) is 0 Å². The highest BCUT2D eigenvalue weighted by Crippen LogP contribution is 2.20. The van der Waals surface area contributed by atoms with E-state index in [1.807, 2.05) is 15.9 Å². The number of aromatic nitrogens is 1. The summed E-state index contributed by atoms with van der Waals surface area (Å²) in [5, 5.41) is 5.57. The fourth-order valence-corrected chi connectivity index (χ4v) is 4.77. The lowest BCUT2D eigenvalue weighted by atomic mass is 10.2. The van der Waals surface area contributed by atoms with E-state index in [0.717, 1.165) is 0 Å². The number of carbonyl (C=O) groups is 2. The number of nitrogens with zero attached hydrogens (tertiary/aromatic N) is 5. The summed E-state index contributed by atoms with van der Waals surface area (Å²) in [5.74, 6) is -0.222. The molecule has 3 heterocycles. The van der Waals surface area contributed by atoms with E-state index in [2.05, 4.69) is 21.8 Å². The predicted molar refractivity (Wildman–Crippen MR) is 128 cm³/mol. The number of anilines is 2. The molecule has 8 nitrogen and oxygen atoms in total. The zero-order valence-corrected chi connectivity index (χ0v) is 19.4. The quantitative estimate of drug-likeness (QED) is 0.622. The number of piperazine rings is 2. The zero-order valence-electron chi connectivity index (χ0n) is 18.6. The molecule has 0 saturated carbocycles. The third-order valence-corrected chi connectivity index (χ3v) is 6.76. The molecule has 0 radical (unpaired) electrons. The van der Waals surface area contributed by atoms with Crippen molar-refractivity contribution >= 4 is 34.0 Å². The minimum Gasteiger partial charge on any atom is -0.366 e. The van der Waals surface area contributed by atoms with Crippen LogP contribution in [0, 0.1) is 5.82 Å². The molecule has 2 saturated heterocycles. The van der Waals surface area contributed by atoms with Gasteiger partial charge >= 0.3 is 0 Å². The Bertz CT molecular complexity index is 983. The molecule has 1 aromatic carbocycles. The molecule has 2 amide bonds. The normalized spacial score (nSPS) is 17.2. The maximum atomic E-state index is 14.0. The van der Waals surface area contributed by atoms with Gasteiger partial charge in [0.25, 0.3) is 5.91 Å². The molecule has 33 heavy (non-hydrogen) atoms. The first-order valence-electron chi connectivity index (χ1n) is 11.1. The Kier molecular flexibility index (Phi) is 7.56. The highest BCUT2D eigenvalue weighted by Gasteiger charge is 2.27. The number of rotatable bonds is 7. The highest BCUT2D eigenvalue weighted by molar-refractivity contribution is 7.13. The van der Waals surface area contributed by atoms with Crippen LogP contribution in [-0.2, 0) is 4.79 Å². The van der Waals surface area contributed by atoms with Crippen LogP contribution in [0.4, 0.5) is 15.2 Å². The summed E-state index contributed by atoms with van der Waals surface area (Å²) in [6.45, 7) is 9.44. The van der Waals surface area contributed by atoms with Gasteiger partial charge in [0.1, 0.15) is 11.5 Å². The third-order valence-electron chi connectivity index (χ3n) is 5.96. The molecule has 0 aliphatic carbocycles. The van der Waals surface area contributed by atoms with Crippen LogP contribution in [0.25, 0.3) is 0 Å². The topological polar surface area (TPSA) is 72.0 Å². The van der Waals surface area contributed by atoms with E-state index in [0.29, 0.717) is 82.0 Å². The molecule has 2 aliphatic heterocycles. The fraction of sp³-hybridized carbons (Fsp3) is 0.435. The van der Waals surface area contributed by atoms with Crippen molar-refractivity contribution in [3.63, 3.8) is 0 Å². The van der Waals surface area contributed by atoms with Gasteiger partial charge in [0.15, 0.2) is 5.13 Å². The van der Waals surface area contributed by atoms with E-state index in [9.17, 15) is 14.0 Å². The van der Waals surface area contributed by atoms with E-state index in [4.69, 9.17) is 0 Å². The molecule has 2 aliphatic rings. The molecule has 0 atom stereocenters. The van der Waals surface area contributed by atoms with Crippen LogP contribution < -0.4 is 10.2 Å². The lowest BCUT2D eigenvalue weighted by Crippen LogP contribution is -2.54. The number of amides is 2. The molecule has 2 aromatic rings. The largest absolute Gasteiger partial charge is 0.366 e. The van der Waals surface area contributed by atoms with E-state index in [1.54, 1.807) is 28.5 Å². The fourth-order valence-electron chi connectivity index (χ4n) is 4.08. The van der Waals surface area contributed by atoms with Crippen LogP contribution in [0.2, 0.25) is 0 Å². The van der Waals surface area contributed by atoms with Gasteiger partial charge in [0.05, 0.1) is 12.2 Å². The molecule has 4 rings (SSSR count). The number of halogens is 1. The van der Waals surface area contributed by atoms with Crippen molar-refractivity contribution in [2.75, 3.05) is 75.7 Å². The van der Waals surface area contributed by atoms with Gasteiger partial charge in [-0.05, 0) is 12.1 Å². The zero-order chi connectivity index (χ0) is 23.2. The van der Waals surface area contributed by atoms with Gasteiger partial charge < -0.3 is 20.0 Å². The van der Waals surface area contributed by atoms with Crippen molar-refractivity contribution in [1.82, 2.24) is 19.7 Å². The summed E-state index contributed by atoms with van der Waals surface area (Å²) in [6.07, 6.45) is 1.74. The number of nitrogens with one attached hydrogen (secondary N) is 1. The van der Waals surface area contributed by atoms with Gasteiger partial charge in [0.2, 0.25) is 5.91 Å². The van der Waals surface area contributed by atoms with Crippen molar-refractivity contribution in [2.24, 2.45) is 0 Å². The van der Waals surface area contributed by atoms with Crippen LogP contribution in [0.15, 0.2) is 42.3 Å². The second-order valence-electron chi connectivity index (χ2n) is 8.10. The molecule has 0 spiro atoms. The number of benzene rings is 1. The monoisotopic (exact) mass is 472 g/mol. The SMILES string of the molecule is C=CCNc1nc(C(=O)N2CCN(CC(=O)N3CCN(c4ccccc4F)CC3)CC2)cs1. The number of para-hydroxylation sites is 1. The van der Waals surface area contributed by atoms with Gasteiger partial charge in [-0.25, -0.2) is 9.37 Å². The lowest BCUT2D eigenvalue weighted by Gasteiger charge is -2.38. The maximum absolute atomic E-state index is 14.0. The molecular weight excluding hydrogens is 443 g/mol. The highest BCUT2D eigenvalue weighted by atomic mass is 32.1. The Balaban J connectivity index is 1.21. The molecule has 10 heteroatoms. The van der Waals surface area contributed by atoms with Gasteiger partial charge in [-0.1, -0.05) is 18.2 Å². The maximum Gasteiger partial charge on any atom is 0.273 e. The number of hydrogen-bond donors (Lipinski definition) is 1.